The molecule has 1 atom stereocenters. The van der Waals surface area contributed by atoms with Crippen LogP contribution < -0.4 is 4.90 Å². The third-order valence-electron chi connectivity index (χ3n) is 4.09. The maximum Gasteiger partial charge on any atom is 0.245 e. The van der Waals surface area contributed by atoms with Crippen LogP contribution in [0.4, 0.5) is 5.69 Å². The zero-order chi connectivity index (χ0) is 17.3. The Labute approximate surface area is 146 Å². The van der Waals surface area contributed by atoms with Crippen LogP contribution in [-0.2, 0) is 14.8 Å². The highest BCUT2D eigenvalue weighted by atomic mass is 35.5. The van der Waals surface area contributed by atoms with Crippen molar-refractivity contribution in [1.82, 2.24) is 4.31 Å². The van der Waals surface area contributed by atoms with E-state index in [1.807, 2.05) is 0 Å². The summed E-state index contributed by atoms with van der Waals surface area (Å²) in [5, 5.41) is 0.588. The number of anilines is 1. The highest BCUT2D eigenvalue weighted by Gasteiger charge is 2.39. The number of hydrogen-bond donors (Lipinski definition) is 0. The number of amides is 1. The first-order valence-electron chi connectivity index (χ1n) is 7.55. The number of hydrogen-bond acceptors (Lipinski definition) is 3. The summed E-state index contributed by atoms with van der Waals surface area (Å²) in [4.78, 5) is 14.5. The van der Waals surface area contributed by atoms with Crippen LogP contribution >= 0.6 is 11.6 Å². The molecule has 1 aliphatic rings. The Morgan fingerprint density at radius 3 is 2.25 bits per heavy atom. The van der Waals surface area contributed by atoms with Gasteiger partial charge >= 0.3 is 0 Å². The molecule has 0 bridgehead atoms. The second-order valence-corrected chi connectivity index (χ2v) is 7.90. The van der Waals surface area contributed by atoms with E-state index in [1.54, 1.807) is 54.3 Å². The molecule has 0 aromatic heterocycles. The summed E-state index contributed by atoms with van der Waals surface area (Å²) in [5.74, 6) is -0.247. The van der Waals surface area contributed by atoms with E-state index >= 15 is 0 Å². The monoisotopic (exact) mass is 364 g/mol. The average molecular weight is 365 g/mol. The van der Waals surface area contributed by atoms with Crippen LogP contribution in [0.2, 0.25) is 5.02 Å². The summed E-state index contributed by atoms with van der Waals surface area (Å²) < 4.78 is 26.8. The summed E-state index contributed by atoms with van der Waals surface area (Å²) in [7, 11) is -3.69. The fourth-order valence-electron chi connectivity index (χ4n) is 2.78. The normalized spacial score (nSPS) is 19.5. The third kappa shape index (κ3) is 3.05. The van der Waals surface area contributed by atoms with E-state index in [2.05, 4.69) is 0 Å². The summed E-state index contributed by atoms with van der Waals surface area (Å²) in [6.07, 6.45) is 0. The Balaban J connectivity index is 1.86. The van der Waals surface area contributed by atoms with E-state index < -0.39 is 16.1 Å². The molecule has 1 unspecified atom stereocenters. The van der Waals surface area contributed by atoms with Gasteiger partial charge in [-0.05, 0) is 43.3 Å². The average Bonchev–Trinajstić information content (AvgIpc) is 2.59. The Hall–Kier alpha value is -1.89. The fraction of sp³-hybridized carbons (Fsp3) is 0.235. The number of nitrogens with zero attached hydrogens (tertiary/aromatic N) is 2. The van der Waals surface area contributed by atoms with Gasteiger partial charge in [-0.3, -0.25) is 4.79 Å². The summed E-state index contributed by atoms with van der Waals surface area (Å²) >= 11 is 5.88. The van der Waals surface area contributed by atoms with Gasteiger partial charge in [0.2, 0.25) is 15.9 Å². The number of rotatable bonds is 3. The predicted octanol–water partition coefficient (Wildman–Crippen LogP) is 2.77. The summed E-state index contributed by atoms with van der Waals surface area (Å²) in [6, 6.07) is 14.3. The van der Waals surface area contributed by atoms with Gasteiger partial charge in [-0.25, -0.2) is 8.42 Å². The zero-order valence-electron chi connectivity index (χ0n) is 13.1. The SMILES string of the molecule is CC1C(=O)N(c2ccc(Cl)cc2)CCN1S(=O)(=O)c1ccccc1. The van der Waals surface area contributed by atoms with Crippen molar-refractivity contribution >= 4 is 33.2 Å². The standard InChI is InChI=1S/C17H17ClN2O3S/c1-13-17(21)19(15-9-7-14(18)8-10-15)11-12-20(13)24(22,23)16-5-3-2-4-6-16/h2-10,13H,11-12H2,1H3. The molecule has 5 nitrogen and oxygen atoms in total. The van der Waals surface area contributed by atoms with Gasteiger partial charge in [0, 0.05) is 23.8 Å². The molecule has 24 heavy (non-hydrogen) atoms. The van der Waals surface area contributed by atoms with Crippen LogP contribution in [0.15, 0.2) is 59.5 Å². The molecule has 2 aromatic rings. The molecule has 1 aliphatic heterocycles. The van der Waals surface area contributed by atoms with Crippen molar-refractivity contribution in [3.05, 3.63) is 59.6 Å². The van der Waals surface area contributed by atoms with E-state index in [0.29, 0.717) is 17.3 Å². The molecule has 1 saturated heterocycles. The second kappa shape index (κ2) is 6.55. The van der Waals surface area contributed by atoms with Crippen LogP contribution in [-0.4, -0.2) is 37.8 Å². The van der Waals surface area contributed by atoms with Crippen molar-refractivity contribution in [2.75, 3.05) is 18.0 Å². The van der Waals surface area contributed by atoms with Crippen molar-refractivity contribution < 1.29 is 13.2 Å². The van der Waals surface area contributed by atoms with Crippen molar-refractivity contribution in [3.63, 3.8) is 0 Å². The van der Waals surface area contributed by atoms with E-state index in [-0.39, 0.29) is 17.3 Å². The number of benzene rings is 2. The number of piperazine rings is 1. The zero-order valence-corrected chi connectivity index (χ0v) is 14.7. The van der Waals surface area contributed by atoms with Crippen molar-refractivity contribution in [2.45, 2.75) is 17.9 Å². The maximum absolute atomic E-state index is 12.8. The van der Waals surface area contributed by atoms with Crippen molar-refractivity contribution in [1.29, 1.82) is 0 Å². The lowest BCUT2D eigenvalue weighted by Crippen LogP contribution is -2.57. The molecule has 0 saturated carbocycles. The lowest BCUT2D eigenvalue weighted by Gasteiger charge is -2.38. The highest BCUT2D eigenvalue weighted by molar-refractivity contribution is 7.89. The lowest BCUT2D eigenvalue weighted by molar-refractivity contribution is -0.123. The second-order valence-electron chi connectivity index (χ2n) is 5.57. The number of carbonyl (C=O) groups excluding carboxylic acids is 1. The number of sulfonamides is 1. The van der Waals surface area contributed by atoms with E-state index in [0.717, 1.165) is 0 Å². The van der Waals surface area contributed by atoms with Crippen LogP contribution in [0.1, 0.15) is 6.92 Å². The van der Waals surface area contributed by atoms with Gasteiger partial charge in [0.25, 0.3) is 0 Å². The molecule has 1 heterocycles. The lowest BCUT2D eigenvalue weighted by atomic mass is 10.2. The van der Waals surface area contributed by atoms with E-state index in [4.69, 9.17) is 11.6 Å². The molecule has 1 amide bonds. The van der Waals surface area contributed by atoms with Crippen LogP contribution in [0.3, 0.4) is 0 Å². The molecule has 0 spiro atoms. The predicted molar refractivity (Wildman–Crippen MR) is 93.6 cm³/mol. The van der Waals surface area contributed by atoms with Gasteiger partial charge in [-0.15, -0.1) is 0 Å². The van der Waals surface area contributed by atoms with Crippen LogP contribution in [0, 0.1) is 0 Å². The minimum absolute atomic E-state index is 0.199. The Bertz CT molecular complexity index is 838. The number of carbonyl (C=O) groups is 1. The Morgan fingerprint density at radius 1 is 1.00 bits per heavy atom. The van der Waals surface area contributed by atoms with Crippen LogP contribution in [0.5, 0.6) is 0 Å². The topological polar surface area (TPSA) is 57.7 Å². The molecule has 1 fully saturated rings. The molecule has 126 valence electrons. The molecule has 2 aromatic carbocycles. The fourth-order valence-corrected chi connectivity index (χ4v) is 4.51. The molecular weight excluding hydrogens is 348 g/mol. The minimum atomic E-state index is -3.69. The molecular formula is C17H17ClN2O3S. The van der Waals surface area contributed by atoms with Gasteiger partial charge in [-0.1, -0.05) is 29.8 Å². The summed E-state index contributed by atoms with van der Waals surface area (Å²) in [6.45, 7) is 2.16. The van der Waals surface area contributed by atoms with Gasteiger partial charge in [0.15, 0.2) is 0 Å². The summed E-state index contributed by atoms with van der Waals surface area (Å²) in [5.41, 5.74) is 0.716. The van der Waals surface area contributed by atoms with Crippen molar-refractivity contribution in [2.24, 2.45) is 0 Å². The first kappa shape index (κ1) is 17.0. The van der Waals surface area contributed by atoms with Crippen LogP contribution in [0.25, 0.3) is 0 Å². The van der Waals surface area contributed by atoms with E-state index in [9.17, 15) is 13.2 Å². The molecule has 7 heteroatoms. The smallest absolute Gasteiger partial charge is 0.245 e. The van der Waals surface area contributed by atoms with Crippen molar-refractivity contribution in [3.8, 4) is 0 Å². The van der Waals surface area contributed by atoms with Gasteiger partial charge in [0.1, 0.15) is 6.04 Å². The first-order valence-corrected chi connectivity index (χ1v) is 9.37. The Kier molecular flexibility index (Phi) is 4.62. The molecule has 0 aliphatic carbocycles. The number of halogens is 1. The molecule has 0 radical (unpaired) electrons. The third-order valence-corrected chi connectivity index (χ3v) is 6.32. The quantitative estimate of drug-likeness (QED) is 0.841. The van der Waals surface area contributed by atoms with E-state index in [1.165, 1.54) is 16.4 Å². The highest BCUT2D eigenvalue weighted by Crippen LogP contribution is 2.26. The molecule has 0 N–H and O–H groups in total. The van der Waals surface area contributed by atoms with Gasteiger partial charge in [-0.2, -0.15) is 4.31 Å². The molecule has 3 rings (SSSR count). The minimum Gasteiger partial charge on any atom is -0.310 e. The Morgan fingerprint density at radius 2 is 1.62 bits per heavy atom. The first-order chi connectivity index (χ1) is 11.4. The maximum atomic E-state index is 12.8. The largest absolute Gasteiger partial charge is 0.310 e. The van der Waals surface area contributed by atoms with Gasteiger partial charge < -0.3 is 4.90 Å². The van der Waals surface area contributed by atoms with Gasteiger partial charge in [0.05, 0.1) is 4.90 Å².